The van der Waals surface area contributed by atoms with Gasteiger partial charge in [0.05, 0.1) is 16.3 Å². The van der Waals surface area contributed by atoms with Crippen molar-refractivity contribution in [3.63, 3.8) is 0 Å². The van der Waals surface area contributed by atoms with E-state index in [1.165, 1.54) is 17.7 Å². The van der Waals surface area contributed by atoms with Crippen LogP contribution in [0.1, 0.15) is 18.1 Å². The van der Waals surface area contributed by atoms with E-state index in [0.717, 1.165) is 11.3 Å². The lowest BCUT2D eigenvalue weighted by Gasteiger charge is -2.05. The lowest BCUT2D eigenvalue weighted by molar-refractivity contribution is 0.598. The molecule has 2 rings (SSSR count). The Bertz CT molecular complexity index is 749. The normalized spacial score (nSPS) is 12.2. The Morgan fingerprint density at radius 3 is 2.14 bits per heavy atom. The van der Waals surface area contributed by atoms with Gasteiger partial charge in [-0.1, -0.05) is 29.8 Å². The molecule has 0 fully saturated rings. The van der Waals surface area contributed by atoms with Crippen LogP contribution in [0, 0.1) is 6.92 Å². The monoisotopic (exact) mass is 303 g/mol. The first kappa shape index (κ1) is 15.2. The molecular formula is C15H17N3O2S. The fraction of sp³-hybridized carbons (Fsp3) is 0.133. The summed E-state index contributed by atoms with van der Waals surface area (Å²) in [5.41, 5.74) is 6.63. The molecule has 5 nitrogen and oxygen atoms in total. The first-order valence-corrected chi connectivity index (χ1v) is 7.91. The van der Waals surface area contributed by atoms with Gasteiger partial charge in [-0.2, -0.15) is 5.10 Å². The van der Waals surface area contributed by atoms with Crippen molar-refractivity contribution in [2.24, 2.45) is 10.2 Å². The van der Waals surface area contributed by atoms with Crippen LogP contribution < -0.4 is 10.6 Å². The van der Waals surface area contributed by atoms with Gasteiger partial charge in [0.25, 0.3) is 0 Å². The summed E-state index contributed by atoms with van der Waals surface area (Å²) in [6, 6.07) is 14.2. The highest BCUT2D eigenvalue weighted by Gasteiger charge is 2.06. The molecule has 110 valence electrons. The van der Waals surface area contributed by atoms with Gasteiger partial charge in [-0.3, -0.25) is 5.43 Å². The Hall–Kier alpha value is -2.18. The Morgan fingerprint density at radius 2 is 1.62 bits per heavy atom. The van der Waals surface area contributed by atoms with Gasteiger partial charge < -0.3 is 0 Å². The summed E-state index contributed by atoms with van der Waals surface area (Å²) in [6.45, 7) is 3.93. The van der Waals surface area contributed by atoms with Gasteiger partial charge in [0.15, 0.2) is 0 Å². The van der Waals surface area contributed by atoms with Crippen LogP contribution in [0.3, 0.4) is 0 Å². The Labute approximate surface area is 124 Å². The largest absolute Gasteiger partial charge is 0.278 e. The number of hydrogen-bond donors (Lipinski definition) is 2. The van der Waals surface area contributed by atoms with Crippen LogP contribution in [0.5, 0.6) is 0 Å². The highest BCUT2D eigenvalue weighted by molar-refractivity contribution is 7.89. The van der Waals surface area contributed by atoms with E-state index in [1.807, 2.05) is 38.1 Å². The molecule has 0 atom stereocenters. The fourth-order valence-corrected chi connectivity index (χ4v) is 2.24. The van der Waals surface area contributed by atoms with Crippen molar-refractivity contribution < 1.29 is 8.42 Å². The SMILES string of the molecule is C/C(=N/Nc1ccc(S(N)(=O)=O)cc1)c1ccc(C)cc1. The zero-order valence-corrected chi connectivity index (χ0v) is 12.7. The molecular weight excluding hydrogens is 286 g/mol. The highest BCUT2D eigenvalue weighted by atomic mass is 32.2. The maximum Gasteiger partial charge on any atom is 0.238 e. The lowest BCUT2D eigenvalue weighted by atomic mass is 10.1. The second-order valence-corrected chi connectivity index (χ2v) is 6.31. The average molecular weight is 303 g/mol. The molecule has 0 aliphatic rings. The number of rotatable bonds is 4. The third kappa shape index (κ3) is 4.14. The molecule has 0 spiro atoms. The van der Waals surface area contributed by atoms with Gasteiger partial charge in [-0.05, 0) is 43.7 Å². The topological polar surface area (TPSA) is 84.5 Å². The zero-order valence-electron chi connectivity index (χ0n) is 11.9. The Kier molecular flexibility index (Phi) is 4.40. The first-order valence-electron chi connectivity index (χ1n) is 6.36. The molecule has 0 aliphatic carbocycles. The van der Waals surface area contributed by atoms with Crippen molar-refractivity contribution in [1.29, 1.82) is 0 Å². The van der Waals surface area contributed by atoms with Crippen LogP contribution in [0.2, 0.25) is 0 Å². The van der Waals surface area contributed by atoms with Crippen molar-refractivity contribution in [2.45, 2.75) is 18.7 Å². The van der Waals surface area contributed by atoms with Crippen molar-refractivity contribution in [1.82, 2.24) is 0 Å². The van der Waals surface area contributed by atoms with E-state index in [2.05, 4.69) is 10.5 Å². The predicted molar refractivity (Wildman–Crippen MR) is 84.8 cm³/mol. The molecule has 0 bridgehead atoms. The molecule has 0 saturated heterocycles. The maximum absolute atomic E-state index is 11.2. The van der Waals surface area contributed by atoms with Crippen LogP contribution in [-0.2, 0) is 10.0 Å². The van der Waals surface area contributed by atoms with Gasteiger partial charge >= 0.3 is 0 Å². The molecule has 2 aromatic carbocycles. The number of sulfonamides is 1. The second kappa shape index (κ2) is 6.07. The summed E-state index contributed by atoms with van der Waals surface area (Å²) in [7, 11) is -3.66. The summed E-state index contributed by atoms with van der Waals surface area (Å²) in [6.07, 6.45) is 0. The standard InChI is InChI=1S/C15H17N3O2S/c1-11-3-5-13(6-4-11)12(2)17-18-14-7-9-15(10-8-14)21(16,19)20/h3-10,18H,1-2H3,(H2,16,19,20)/b17-12-. The summed E-state index contributed by atoms with van der Waals surface area (Å²) >= 11 is 0. The summed E-state index contributed by atoms with van der Waals surface area (Å²) < 4.78 is 22.3. The molecule has 21 heavy (non-hydrogen) atoms. The minimum Gasteiger partial charge on any atom is -0.278 e. The van der Waals surface area contributed by atoms with Gasteiger partial charge in [0.1, 0.15) is 0 Å². The minimum atomic E-state index is -3.66. The Morgan fingerprint density at radius 1 is 1.05 bits per heavy atom. The second-order valence-electron chi connectivity index (χ2n) is 4.74. The molecule has 0 heterocycles. The van der Waals surface area contributed by atoms with Gasteiger partial charge in [0, 0.05) is 0 Å². The third-order valence-electron chi connectivity index (χ3n) is 3.00. The Balaban J connectivity index is 2.11. The number of nitrogens with zero attached hydrogens (tertiary/aromatic N) is 1. The van der Waals surface area contributed by atoms with Gasteiger partial charge in [-0.25, -0.2) is 13.6 Å². The average Bonchev–Trinajstić information content (AvgIpc) is 2.45. The number of nitrogens with two attached hydrogens (primary N) is 1. The van der Waals surface area contributed by atoms with Crippen molar-refractivity contribution in [3.8, 4) is 0 Å². The maximum atomic E-state index is 11.2. The number of primary sulfonamides is 1. The van der Waals surface area contributed by atoms with Gasteiger partial charge in [-0.15, -0.1) is 0 Å². The summed E-state index contributed by atoms with van der Waals surface area (Å²) in [5, 5.41) is 9.31. The summed E-state index contributed by atoms with van der Waals surface area (Å²) in [5.74, 6) is 0. The van der Waals surface area contributed by atoms with Crippen LogP contribution in [0.15, 0.2) is 58.5 Å². The number of benzene rings is 2. The lowest BCUT2D eigenvalue weighted by Crippen LogP contribution is -2.11. The predicted octanol–water partition coefficient (Wildman–Crippen LogP) is 2.48. The van der Waals surface area contributed by atoms with E-state index >= 15 is 0 Å². The van der Waals surface area contributed by atoms with Crippen LogP contribution in [-0.4, -0.2) is 14.1 Å². The molecule has 6 heteroatoms. The highest BCUT2D eigenvalue weighted by Crippen LogP contribution is 2.13. The van der Waals surface area contributed by atoms with Crippen LogP contribution in [0.4, 0.5) is 5.69 Å². The quantitative estimate of drug-likeness (QED) is 0.672. The molecule has 2 aromatic rings. The number of hydrogen-bond acceptors (Lipinski definition) is 4. The summed E-state index contributed by atoms with van der Waals surface area (Å²) in [4.78, 5) is 0.0762. The molecule has 0 saturated carbocycles. The third-order valence-corrected chi connectivity index (χ3v) is 3.93. The zero-order chi connectivity index (χ0) is 15.5. The van der Waals surface area contributed by atoms with Crippen LogP contribution in [0.25, 0.3) is 0 Å². The smallest absolute Gasteiger partial charge is 0.238 e. The van der Waals surface area contributed by atoms with Crippen LogP contribution >= 0.6 is 0 Å². The number of anilines is 1. The molecule has 0 aliphatic heterocycles. The molecule has 0 radical (unpaired) electrons. The van der Waals surface area contributed by atoms with E-state index in [0.29, 0.717) is 5.69 Å². The number of hydrazone groups is 1. The minimum absolute atomic E-state index is 0.0762. The van der Waals surface area contributed by atoms with E-state index in [4.69, 9.17) is 5.14 Å². The van der Waals surface area contributed by atoms with Crippen molar-refractivity contribution >= 4 is 21.4 Å². The van der Waals surface area contributed by atoms with E-state index < -0.39 is 10.0 Å². The van der Waals surface area contributed by atoms with Crippen molar-refractivity contribution in [3.05, 3.63) is 59.7 Å². The van der Waals surface area contributed by atoms with E-state index in [-0.39, 0.29) is 4.90 Å². The number of nitrogens with one attached hydrogen (secondary N) is 1. The molecule has 3 N–H and O–H groups in total. The molecule has 0 aromatic heterocycles. The van der Waals surface area contributed by atoms with E-state index in [9.17, 15) is 8.42 Å². The van der Waals surface area contributed by atoms with E-state index in [1.54, 1.807) is 12.1 Å². The van der Waals surface area contributed by atoms with Gasteiger partial charge in [0.2, 0.25) is 10.0 Å². The molecule has 0 amide bonds. The number of aryl methyl sites for hydroxylation is 1. The first-order chi connectivity index (χ1) is 9.86. The van der Waals surface area contributed by atoms with Crippen molar-refractivity contribution in [2.75, 3.05) is 5.43 Å². The fourth-order valence-electron chi connectivity index (χ4n) is 1.73. The molecule has 0 unspecified atom stereocenters.